The van der Waals surface area contributed by atoms with Crippen molar-refractivity contribution in [3.8, 4) is 18.4 Å². The van der Waals surface area contributed by atoms with Crippen molar-refractivity contribution < 1.29 is 0 Å². The van der Waals surface area contributed by atoms with Crippen LogP contribution in [0.2, 0.25) is 0 Å². The molecule has 0 unspecified atom stereocenters. The summed E-state index contributed by atoms with van der Waals surface area (Å²) in [4.78, 5) is 4.14. The first-order chi connectivity index (χ1) is 7.77. The Morgan fingerprint density at radius 2 is 2.31 bits per heavy atom. The highest BCUT2D eigenvalue weighted by Gasteiger charge is 2.11. The summed E-state index contributed by atoms with van der Waals surface area (Å²) in [6, 6.07) is 2.12. The molecule has 2 aromatic heterocycles. The minimum absolute atomic E-state index is 0.458. The maximum absolute atomic E-state index is 8.60. The molecule has 4 nitrogen and oxygen atoms in total. The van der Waals surface area contributed by atoms with E-state index in [0.717, 1.165) is 16.5 Å². The van der Waals surface area contributed by atoms with Gasteiger partial charge in [-0.1, -0.05) is 0 Å². The van der Waals surface area contributed by atoms with Gasteiger partial charge in [0.2, 0.25) is 0 Å². The number of nitrogens with zero attached hydrogens (tertiary/aromatic N) is 4. The number of aryl methyl sites for hydroxylation is 2. The van der Waals surface area contributed by atoms with Crippen LogP contribution in [0.5, 0.6) is 0 Å². The zero-order valence-electron chi connectivity index (χ0n) is 8.94. The smallest absolute Gasteiger partial charge is 0.143 e. The van der Waals surface area contributed by atoms with Gasteiger partial charge in [0.15, 0.2) is 0 Å². The average molecular weight is 210 g/mol. The summed E-state index contributed by atoms with van der Waals surface area (Å²) in [6.45, 7) is 0. The third-order valence-electron chi connectivity index (χ3n) is 2.48. The van der Waals surface area contributed by atoms with Crippen LogP contribution in [0, 0.1) is 23.7 Å². The van der Waals surface area contributed by atoms with Gasteiger partial charge in [-0.2, -0.15) is 10.4 Å². The molecule has 0 aromatic carbocycles. The molecule has 2 aromatic rings. The van der Waals surface area contributed by atoms with Gasteiger partial charge < -0.3 is 0 Å². The van der Waals surface area contributed by atoms with Gasteiger partial charge in [-0.15, -0.1) is 6.42 Å². The Labute approximate surface area is 93.5 Å². The van der Waals surface area contributed by atoms with Gasteiger partial charge in [-0.05, 0) is 17.9 Å². The maximum Gasteiger partial charge on any atom is 0.143 e. The van der Waals surface area contributed by atoms with E-state index in [0.29, 0.717) is 18.5 Å². The van der Waals surface area contributed by atoms with Crippen LogP contribution in [-0.2, 0) is 13.5 Å². The lowest BCUT2D eigenvalue weighted by Crippen LogP contribution is -1.91. The minimum Gasteiger partial charge on any atom is -0.265 e. The van der Waals surface area contributed by atoms with Gasteiger partial charge in [0.05, 0.1) is 17.8 Å². The van der Waals surface area contributed by atoms with Gasteiger partial charge in [-0.25, -0.2) is 0 Å². The minimum atomic E-state index is 0.458. The Bertz CT molecular complexity index is 610. The molecule has 0 aliphatic heterocycles. The highest BCUT2D eigenvalue weighted by atomic mass is 15.3. The van der Waals surface area contributed by atoms with Gasteiger partial charge >= 0.3 is 0 Å². The van der Waals surface area contributed by atoms with Crippen LogP contribution in [0.3, 0.4) is 0 Å². The first-order valence-corrected chi connectivity index (χ1v) is 4.91. The van der Waals surface area contributed by atoms with Crippen molar-refractivity contribution in [3.63, 3.8) is 0 Å². The molecule has 0 spiro atoms. The molecule has 0 saturated heterocycles. The molecule has 16 heavy (non-hydrogen) atoms. The largest absolute Gasteiger partial charge is 0.265 e. The second kappa shape index (κ2) is 4.04. The molecular formula is C12H10N4. The SMILES string of the molecule is C#Cc1nn(C)c2cncc(CCC#N)c12. The number of fused-ring (bicyclic) bond motifs is 1. The number of pyridine rings is 1. The summed E-state index contributed by atoms with van der Waals surface area (Å²) < 4.78 is 1.72. The summed E-state index contributed by atoms with van der Waals surface area (Å²) in [5.74, 6) is 2.56. The lowest BCUT2D eigenvalue weighted by atomic mass is 10.1. The van der Waals surface area contributed by atoms with Crippen molar-refractivity contribution >= 4 is 10.9 Å². The molecule has 0 atom stereocenters. The van der Waals surface area contributed by atoms with Gasteiger partial charge in [-0.3, -0.25) is 9.67 Å². The summed E-state index contributed by atoms with van der Waals surface area (Å²) in [7, 11) is 1.83. The van der Waals surface area contributed by atoms with Crippen molar-refractivity contribution in [2.45, 2.75) is 12.8 Å². The van der Waals surface area contributed by atoms with Crippen LogP contribution in [0.15, 0.2) is 12.4 Å². The van der Waals surface area contributed by atoms with Gasteiger partial charge in [0.1, 0.15) is 5.69 Å². The number of hydrogen-bond acceptors (Lipinski definition) is 3. The first kappa shape index (κ1) is 10.2. The molecule has 0 amide bonds. The maximum atomic E-state index is 8.60. The van der Waals surface area contributed by atoms with Gasteiger partial charge in [0.25, 0.3) is 0 Å². The Morgan fingerprint density at radius 3 is 3.00 bits per heavy atom. The Morgan fingerprint density at radius 1 is 1.50 bits per heavy atom. The Balaban J connectivity index is 2.67. The van der Waals surface area contributed by atoms with E-state index in [1.807, 2.05) is 7.05 Å². The molecule has 0 aliphatic rings. The summed E-state index contributed by atoms with van der Waals surface area (Å²) >= 11 is 0. The van der Waals surface area contributed by atoms with Crippen LogP contribution in [0.25, 0.3) is 10.9 Å². The fraction of sp³-hybridized carbons (Fsp3) is 0.250. The van der Waals surface area contributed by atoms with Crippen LogP contribution in [0.1, 0.15) is 17.7 Å². The zero-order valence-corrected chi connectivity index (χ0v) is 8.94. The second-order valence-corrected chi connectivity index (χ2v) is 3.47. The molecule has 0 fully saturated rings. The van der Waals surface area contributed by atoms with E-state index in [4.69, 9.17) is 11.7 Å². The third kappa shape index (κ3) is 1.51. The third-order valence-corrected chi connectivity index (χ3v) is 2.48. The molecule has 0 bridgehead atoms. The van der Waals surface area contributed by atoms with Crippen LogP contribution >= 0.6 is 0 Å². The summed E-state index contributed by atoms with van der Waals surface area (Å²) in [6.07, 6.45) is 10.0. The lowest BCUT2D eigenvalue weighted by Gasteiger charge is -1.99. The van der Waals surface area contributed by atoms with E-state index in [1.54, 1.807) is 17.1 Å². The molecule has 78 valence electrons. The number of aromatic nitrogens is 3. The van der Waals surface area contributed by atoms with Crippen LogP contribution in [-0.4, -0.2) is 14.8 Å². The topological polar surface area (TPSA) is 54.5 Å². The summed E-state index contributed by atoms with van der Waals surface area (Å²) in [5, 5.41) is 13.8. The van der Waals surface area contributed by atoms with Crippen molar-refractivity contribution in [2.24, 2.45) is 7.05 Å². The summed E-state index contributed by atoms with van der Waals surface area (Å²) in [5.41, 5.74) is 2.51. The van der Waals surface area contributed by atoms with E-state index < -0.39 is 0 Å². The molecule has 0 N–H and O–H groups in total. The monoisotopic (exact) mass is 210 g/mol. The number of hydrogen-bond donors (Lipinski definition) is 0. The Kier molecular flexibility index (Phi) is 2.57. The normalized spacial score (nSPS) is 9.94. The van der Waals surface area contributed by atoms with Gasteiger partial charge in [0, 0.05) is 25.1 Å². The zero-order chi connectivity index (χ0) is 11.5. The van der Waals surface area contributed by atoms with Crippen LogP contribution in [0.4, 0.5) is 0 Å². The molecular weight excluding hydrogens is 200 g/mol. The second-order valence-electron chi connectivity index (χ2n) is 3.47. The molecule has 0 aliphatic carbocycles. The standard InChI is InChI=1S/C12H10N4/c1-3-10-12-9(5-4-6-13)7-14-8-11(12)16(2)15-10/h1,7-8H,4-5H2,2H3. The quantitative estimate of drug-likeness (QED) is 0.704. The molecule has 2 heterocycles. The molecule has 0 radical (unpaired) electrons. The van der Waals surface area contributed by atoms with Crippen LogP contribution < -0.4 is 0 Å². The Hall–Kier alpha value is -2.33. The highest BCUT2D eigenvalue weighted by molar-refractivity contribution is 5.87. The predicted octanol–water partition coefficient (Wildman–Crippen LogP) is 1.41. The van der Waals surface area contributed by atoms with Crippen molar-refractivity contribution in [3.05, 3.63) is 23.7 Å². The fourth-order valence-corrected chi connectivity index (χ4v) is 1.75. The lowest BCUT2D eigenvalue weighted by molar-refractivity contribution is 0.791. The average Bonchev–Trinajstić information content (AvgIpc) is 2.64. The van der Waals surface area contributed by atoms with E-state index >= 15 is 0 Å². The van der Waals surface area contributed by atoms with Crippen molar-refractivity contribution in [2.75, 3.05) is 0 Å². The highest BCUT2D eigenvalue weighted by Crippen LogP contribution is 2.21. The van der Waals surface area contributed by atoms with E-state index in [-0.39, 0.29) is 0 Å². The molecule has 4 heteroatoms. The van der Waals surface area contributed by atoms with E-state index in [1.165, 1.54) is 0 Å². The fourth-order valence-electron chi connectivity index (χ4n) is 1.75. The van der Waals surface area contributed by atoms with E-state index in [9.17, 15) is 0 Å². The predicted molar refractivity (Wildman–Crippen MR) is 60.4 cm³/mol. The number of nitriles is 1. The van der Waals surface area contributed by atoms with E-state index in [2.05, 4.69) is 22.1 Å². The van der Waals surface area contributed by atoms with Crippen molar-refractivity contribution in [1.82, 2.24) is 14.8 Å². The molecule has 2 rings (SSSR count). The molecule has 0 saturated carbocycles. The first-order valence-electron chi connectivity index (χ1n) is 4.91. The van der Waals surface area contributed by atoms with Crippen molar-refractivity contribution in [1.29, 1.82) is 5.26 Å². The number of terminal acetylenes is 1. The number of rotatable bonds is 2.